The van der Waals surface area contributed by atoms with Crippen LogP contribution in [0.4, 0.5) is 11.6 Å². The molecule has 1 aliphatic heterocycles. The van der Waals surface area contributed by atoms with Crippen molar-refractivity contribution in [1.29, 1.82) is 0 Å². The van der Waals surface area contributed by atoms with E-state index in [0.717, 1.165) is 30.2 Å². The molecule has 2 N–H and O–H groups in total. The van der Waals surface area contributed by atoms with E-state index in [1.807, 2.05) is 14.0 Å². The molecule has 0 amide bonds. The van der Waals surface area contributed by atoms with Crippen LogP contribution >= 0.6 is 0 Å². The second kappa shape index (κ2) is 4.87. The van der Waals surface area contributed by atoms with Gasteiger partial charge in [-0.1, -0.05) is 6.92 Å². The van der Waals surface area contributed by atoms with Gasteiger partial charge in [0, 0.05) is 19.2 Å². The Hall–Kier alpha value is -1.36. The molecular formula is C12H20N4O. The van der Waals surface area contributed by atoms with Gasteiger partial charge in [-0.2, -0.15) is 0 Å². The molecule has 0 saturated carbocycles. The number of aliphatic hydroxyl groups is 1. The summed E-state index contributed by atoms with van der Waals surface area (Å²) in [6.45, 7) is 5.32. The number of aliphatic hydroxyl groups excluding tert-OH is 1. The molecule has 5 nitrogen and oxygen atoms in total. The van der Waals surface area contributed by atoms with Crippen LogP contribution in [0, 0.1) is 12.8 Å². The molecule has 1 aliphatic rings. The van der Waals surface area contributed by atoms with Gasteiger partial charge >= 0.3 is 0 Å². The maximum Gasteiger partial charge on any atom is 0.137 e. The summed E-state index contributed by atoms with van der Waals surface area (Å²) in [5, 5.41) is 12.5. The highest BCUT2D eigenvalue weighted by Gasteiger charge is 2.32. The Morgan fingerprint density at radius 2 is 2.29 bits per heavy atom. The van der Waals surface area contributed by atoms with E-state index in [-0.39, 0.29) is 12.6 Å². The molecule has 0 radical (unpaired) electrons. The van der Waals surface area contributed by atoms with Gasteiger partial charge in [-0.3, -0.25) is 0 Å². The first-order valence-electron chi connectivity index (χ1n) is 6.06. The smallest absolute Gasteiger partial charge is 0.137 e. The maximum absolute atomic E-state index is 9.48. The molecule has 94 valence electrons. The van der Waals surface area contributed by atoms with Crippen molar-refractivity contribution in [3.63, 3.8) is 0 Å². The third-order valence-electron chi connectivity index (χ3n) is 3.64. The summed E-state index contributed by atoms with van der Waals surface area (Å²) < 4.78 is 0. The van der Waals surface area contributed by atoms with Crippen LogP contribution in [0.15, 0.2) is 6.33 Å². The second-order valence-corrected chi connectivity index (χ2v) is 4.63. The summed E-state index contributed by atoms with van der Waals surface area (Å²) in [7, 11) is 1.86. The van der Waals surface area contributed by atoms with Crippen LogP contribution in [-0.2, 0) is 0 Å². The summed E-state index contributed by atoms with van der Waals surface area (Å²) in [6.07, 6.45) is 2.68. The number of nitrogens with zero attached hydrogens (tertiary/aromatic N) is 3. The van der Waals surface area contributed by atoms with Crippen LogP contribution in [0.1, 0.15) is 18.9 Å². The minimum absolute atomic E-state index is 0.174. The van der Waals surface area contributed by atoms with Crippen LogP contribution in [0.3, 0.4) is 0 Å². The lowest BCUT2D eigenvalue weighted by atomic mass is 10.0. The fraction of sp³-hybridized carbons (Fsp3) is 0.667. The van der Waals surface area contributed by atoms with E-state index in [1.165, 1.54) is 0 Å². The lowest BCUT2D eigenvalue weighted by molar-refractivity contribution is 0.244. The zero-order valence-corrected chi connectivity index (χ0v) is 10.6. The van der Waals surface area contributed by atoms with Gasteiger partial charge in [0.25, 0.3) is 0 Å². The van der Waals surface area contributed by atoms with Gasteiger partial charge in [-0.25, -0.2) is 9.97 Å². The van der Waals surface area contributed by atoms with Crippen molar-refractivity contribution in [1.82, 2.24) is 9.97 Å². The van der Waals surface area contributed by atoms with Crippen molar-refractivity contribution in [3.8, 4) is 0 Å². The van der Waals surface area contributed by atoms with Crippen molar-refractivity contribution in [2.45, 2.75) is 26.3 Å². The number of nitrogens with one attached hydrogen (secondary N) is 1. The average molecular weight is 236 g/mol. The number of hydrogen-bond donors (Lipinski definition) is 2. The first-order valence-corrected chi connectivity index (χ1v) is 6.06. The Labute approximate surface area is 102 Å². The highest BCUT2D eigenvalue weighted by Crippen LogP contribution is 2.31. The highest BCUT2D eigenvalue weighted by atomic mass is 16.3. The van der Waals surface area contributed by atoms with E-state index >= 15 is 0 Å². The molecule has 1 aromatic rings. The molecule has 0 spiro atoms. The summed E-state index contributed by atoms with van der Waals surface area (Å²) in [5.74, 6) is 2.30. The maximum atomic E-state index is 9.48. The van der Waals surface area contributed by atoms with Crippen LogP contribution in [-0.4, -0.2) is 41.3 Å². The van der Waals surface area contributed by atoms with Gasteiger partial charge in [0.1, 0.15) is 18.0 Å². The molecule has 17 heavy (non-hydrogen) atoms. The number of anilines is 2. The standard InChI is InChI=1S/C12H20N4O/c1-8-4-5-16(10(8)6-17)12-9(2)11(13-3)14-7-15-12/h7-8,10,17H,4-6H2,1-3H3,(H,13,14,15). The first kappa shape index (κ1) is 12.1. The van der Waals surface area contributed by atoms with Gasteiger partial charge in [-0.05, 0) is 19.3 Å². The molecule has 0 bridgehead atoms. The largest absolute Gasteiger partial charge is 0.394 e. The van der Waals surface area contributed by atoms with Crippen molar-refractivity contribution in [3.05, 3.63) is 11.9 Å². The van der Waals surface area contributed by atoms with Crippen molar-refractivity contribution in [2.75, 3.05) is 30.4 Å². The summed E-state index contributed by atoms with van der Waals surface area (Å²) in [5.41, 5.74) is 1.04. The summed E-state index contributed by atoms with van der Waals surface area (Å²) in [4.78, 5) is 10.7. The van der Waals surface area contributed by atoms with E-state index in [1.54, 1.807) is 6.33 Å². The zero-order valence-electron chi connectivity index (χ0n) is 10.6. The first-order chi connectivity index (χ1) is 8.19. The predicted molar refractivity (Wildman–Crippen MR) is 68.3 cm³/mol. The van der Waals surface area contributed by atoms with E-state index in [4.69, 9.17) is 0 Å². The van der Waals surface area contributed by atoms with Gasteiger partial charge in [-0.15, -0.1) is 0 Å². The molecule has 2 atom stereocenters. The summed E-state index contributed by atoms with van der Waals surface area (Å²) >= 11 is 0. The van der Waals surface area contributed by atoms with E-state index in [0.29, 0.717) is 5.92 Å². The van der Waals surface area contributed by atoms with Gasteiger partial charge < -0.3 is 15.3 Å². The van der Waals surface area contributed by atoms with Crippen LogP contribution in [0.25, 0.3) is 0 Å². The summed E-state index contributed by atoms with van der Waals surface area (Å²) in [6, 6.07) is 0.174. The SMILES string of the molecule is CNc1ncnc(N2CCC(C)C2CO)c1C. The molecule has 2 rings (SSSR count). The van der Waals surface area contributed by atoms with Crippen LogP contribution in [0.2, 0.25) is 0 Å². The Kier molecular flexibility index (Phi) is 3.47. The predicted octanol–water partition coefficient (Wildman–Crippen LogP) is 1.03. The number of rotatable bonds is 3. The molecule has 0 aromatic carbocycles. The zero-order chi connectivity index (χ0) is 12.4. The Bertz CT molecular complexity index is 396. The average Bonchev–Trinajstić information content (AvgIpc) is 2.70. The lowest BCUT2D eigenvalue weighted by Gasteiger charge is -2.27. The van der Waals surface area contributed by atoms with Crippen molar-refractivity contribution < 1.29 is 5.11 Å². The number of hydrogen-bond acceptors (Lipinski definition) is 5. The molecule has 5 heteroatoms. The number of aromatic nitrogens is 2. The Morgan fingerprint density at radius 1 is 1.53 bits per heavy atom. The van der Waals surface area contributed by atoms with E-state index < -0.39 is 0 Å². The molecule has 1 fully saturated rings. The minimum Gasteiger partial charge on any atom is -0.394 e. The fourth-order valence-electron chi connectivity index (χ4n) is 2.53. The normalized spacial score (nSPS) is 24.1. The van der Waals surface area contributed by atoms with Crippen molar-refractivity contribution >= 4 is 11.6 Å². The van der Waals surface area contributed by atoms with E-state index in [2.05, 4.69) is 27.1 Å². The van der Waals surface area contributed by atoms with Crippen molar-refractivity contribution in [2.24, 2.45) is 5.92 Å². The molecule has 1 saturated heterocycles. The third-order valence-corrected chi connectivity index (χ3v) is 3.64. The monoisotopic (exact) mass is 236 g/mol. The molecule has 0 aliphatic carbocycles. The molecule has 2 unspecified atom stereocenters. The molecule has 1 aromatic heterocycles. The Balaban J connectivity index is 2.34. The van der Waals surface area contributed by atoms with Crippen LogP contribution < -0.4 is 10.2 Å². The van der Waals surface area contributed by atoms with E-state index in [9.17, 15) is 5.11 Å². The lowest BCUT2D eigenvalue weighted by Crippen LogP contribution is -2.36. The third kappa shape index (κ3) is 2.07. The second-order valence-electron chi connectivity index (χ2n) is 4.63. The molecular weight excluding hydrogens is 216 g/mol. The highest BCUT2D eigenvalue weighted by molar-refractivity contribution is 5.58. The van der Waals surface area contributed by atoms with Gasteiger partial charge in [0.15, 0.2) is 0 Å². The van der Waals surface area contributed by atoms with Gasteiger partial charge in [0.05, 0.1) is 12.6 Å². The topological polar surface area (TPSA) is 61.3 Å². The van der Waals surface area contributed by atoms with Gasteiger partial charge in [0.2, 0.25) is 0 Å². The van der Waals surface area contributed by atoms with Crippen LogP contribution in [0.5, 0.6) is 0 Å². The quantitative estimate of drug-likeness (QED) is 0.821. The Morgan fingerprint density at radius 3 is 2.94 bits per heavy atom. The minimum atomic E-state index is 0.174. The molecule has 2 heterocycles. The fourth-order valence-corrected chi connectivity index (χ4v) is 2.53.